The van der Waals surface area contributed by atoms with Crippen LogP contribution < -0.4 is 4.90 Å². The molecule has 0 bridgehead atoms. The molecular formula is C12H14ClN3S. The number of rotatable bonds is 4. The Morgan fingerprint density at radius 1 is 1.47 bits per heavy atom. The van der Waals surface area contributed by atoms with Gasteiger partial charge in [-0.05, 0) is 24.6 Å². The normalized spacial score (nSPS) is 10.5. The van der Waals surface area contributed by atoms with Crippen LogP contribution in [-0.4, -0.2) is 17.0 Å². The molecule has 0 amide bonds. The van der Waals surface area contributed by atoms with Gasteiger partial charge in [0.15, 0.2) is 0 Å². The highest BCUT2D eigenvalue weighted by molar-refractivity contribution is 7.09. The Morgan fingerprint density at radius 2 is 2.29 bits per heavy atom. The van der Waals surface area contributed by atoms with Crippen molar-refractivity contribution >= 4 is 28.8 Å². The maximum absolute atomic E-state index is 5.81. The van der Waals surface area contributed by atoms with Crippen molar-refractivity contribution in [3.8, 4) is 0 Å². The van der Waals surface area contributed by atoms with Crippen LogP contribution in [0.2, 0.25) is 0 Å². The summed E-state index contributed by atoms with van der Waals surface area (Å²) in [4.78, 5) is 10.8. The van der Waals surface area contributed by atoms with E-state index in [9.17, 15) is 0 Å². The van der Waals surface area contributed by atoms with Crippen molar-refractivity contribution in [2.45, 2.75) is 19.3 Å². The van der Waals surface area contributed by atoms with Crippen LogP contribution in [0.3, 0.4) is 0 Å². The van der Waals surface area contributed by atoms with E-state index in [1.807, 2.05) is 26.1 Å². The smallest absolute Gasteiger partial charge is 0.128 e. The molecule has 0 atom stereocenters. The zero-order valence-electron chi connectivity index (χ0n) is 9.85. The van der Waals surface area contributed by atoms with E-state index in [-0.39, 0.29) is 0 Å². The molecule has 0 N–H and O–H groups in total. The zero-order chi connectivity index (χ0) is 12.3. The number of pyridine rings is 1. The van der Waals surface area contributed by atoms with Crippen molar-refractivity contribution < 1.29 is 0 Å². The topological polar surface area (TPSA) is 29.0 Å². The summed E-state index contributed by atoms with van der Waals surface area (Å²) < 4.78 is 0. The Labute approximate surface area is 110 Å². The number of anilines is 1. The molecule has 2 rings (SSSR count). The Hall–Kier alpha value is -1.13. The van der Waals surface area contributed by atoms with Gasteiger partial charge in [0.05, 0.1) is 17.2 Å². The van der Waals surface area contributed by atoms with Crippen molar-refractivity contribution in [3.05, 3.63) is 40.0 Å². The first kappa shape index (κ1) is 12.3. The molecular weight excluding hydrogens is 254 g/mol. The molecule has 0 unspecified atom stereocenters. The SMILES string of the molecule is Cc1nc(CN(C)c2cc(CCl)ccn2)cs1. The molecule has 5 heteroatoms. The standard InChI is InChI=1S/C12H14ClN3S/c1-9-15-11(8-17-9)7-16(2)12-5-10(6-13)3-4-14-12/h3-5,8H,6-7H2,1-2H3. The Morgan fingerprint density at radius 3 is 2.94 bits per heavy atom. The second-order valence-electron chi connectivity index (χ2n) is 3.87. The van der Waals surface area contributed by atoms with Crippen molar-refractivity contribution in [1.29, 1.82) is 0 Å². The molecule has 90 valence electrons. The van der Waals surface area contributed by atoms with Gasteiger partial charge in [0.25, 0.3) is 0 Å². The van der Waals surface area contributed by atoms with Gasteiger partial charge in [-0.3, -0.25) is 0 Å². The van der Waals surface area contributed by atoms with Gasteiger partial charge in [0, 0.05) is 24.5 Å². The number of alkyl halides is 1. The summed E-state index contributed by atoms with van der Waals surface area (Å²) in [6.07, 6.45) is 1.79. The third kappa shape index (κ3) is 3.17. The number of halogens is 1. The summed E-state index contributed by atoms with van der Waals surface area (Å²) in [6, 6.07) is 3.93. The van der Waals surface area contributed by atoms with Gasteiger partial charge in [-0.25, -0.2) is 9.97 Å². The van der Waals surface area contributed by atoms with E-state index in [0.29, 0.717) is 5.88 Å². The van der Waals surface area contributed by atoms with Gasteiger partial charge in [0.1, 0.15) is 5.82 Å². The van der Waals surface area contributed by atoms with Gasteiger partial charge < -0.3 is 4.90 Å². The molecule has 3 nitrogen and oxygen atoms in total. The van der Waals surface area contributed by atoms with Crippen LogP contribution in [0.5, 0.6) is 0 Å². The lowest BCUT2D eigenvalue weighted by molar-refractivity contribution is 0.869. The molecule has 0 aliphatic rings. The number of aromatic nitrogens is 2. The van der Waals surface area contributed by atoms with Crippen LogP contribution in [0.4, 0.5) is 5.82 Å². The third-order valence-electron chi connectivity index (χ3n) is 2.42. The van der Waals surface area contributed by atoms with Crippen LogP contribution in [0.25, 0.3) is 0 Å². The minimum absolute atomic E-state index is 0.513. The van der Waals surface area contributed by atoms with E-state index < -0.39 is 0 Å². The van der Waals surface area contributed by atoms with Gasteiger partial charge in [-0.1, -0.05) is 0 Å². The summed E-state index contributed by atoms with van der Waals surface area (Å²) in [5, 5.41) is 3.17. The van der Waals surface area contributed by atoms with Crippen molar-refractivity contribution in [3.63, 3.8) is 0 Å². The minimum atomic E-state index is 0.513. The molecule has 0 spiro atoms. The van der Waals surface area contributed by atoms with Crippen LogP contribution in [0.15, 0.2) is 23.7 Å². The maximum atomic E-state index is 5.81. The molecule has 2 aromatic heterocycles. The van der Waals surface area contributed by atoms with Gasteiger partial charge in [0.2, 0.25) is 0 Å². The lowest BCUT2D eigenvalue weighted by atomic mass is 10.3. The zero-order valence-corrected chi connectivity index (χ0v) is 11.4. The average molecular weight is 268 g/mol. The third-order valence-corrected chi connectivity index (χ3v) is 3.55. The van der Waals surface area contributed by atoms with E-state index in [4.69, 9.17) is 11.6 Å². The molecule has 17 heavy (non-hydrogen) atoms. The monoisotopic (exact) mass is 267 g/mol. The highest BCUT2D eigenvalue weighted by Gasteiger charge is 2.06. The van der Waals surface area contributed by atoms with Crippen molar-refractivity contribution in [2.75, 3.05) is 11.9 Å². The second-order valence-corrected chi connectivity index (χ2v) is 5.20. The molecule has 0 aromatic carbocycles. The summed E-state index contributed by atoms with van der Waals surface area (Å²) in [5.74, 6) is 1.44. The fourth-order valence-corrected chi connectivity index (χ4v) is 2.33. The molecule has 0 radical (unpaired) electrons. The fourth-order valence-electron chi connectivity index (χ4n) is 1.56. The molecule has 0 fully saturated rings. The Balaban J connectivity index is 2.11. The van der Waals surface area contributed by atoms with E-state index in [1.54, 1.807) is 17.5 Å². The predicted octanol–water partition coefficient (Wildman–Crippen LogP) is 3.22. The van der Waals surface area contributed by atoms with Gasteiger partial charge >= 0.3 is 0 Å². The first-order valence-electron chi connectivity index (χ1n) is 5.32. The molecule has 0 saturated carbocycles. The maximum Gasteiger partial charge on any atom is 0.128 e. The van der Waals surface area contributed by atoms with E-state index in [2.05, 4.69) is 20.2 Å². The van der Waals surface area contributed by atoms with E-state index in [1.165, 1.54) is 0 Å². The summed E-state index contributed by atoms with van der Waals surface area (Å²) in [7, 11) is 2.01. The van der Waals surface area contributed by atoms with E-state index in [0.717, 1.165) is 28.6 Å². The van der Waals surface area contributed by atoms with E-state index >= 15 is 0 Å². The quantitative estimate of drug-likeness (QED) is 0.797. The van der Waals surface area contributed by atoms with Gasteiger partial charge in [-0.15, -0.1) is 22.9 Å². The number of aryl methyl sites for hydroxylation is 1. The van der Waals surface area contributed by atoms with Crippen LogP contribution in [-0.2, 0) is 12.4 Å². The first-order chi connectivity index (χ1) is 8.19. The lowest BCUT2D eigenvalue weighted by Gasteiger charge is -2.17. The van der Waals surface area contributed by atoms with Gasteiger partial charge in [-0.2, -0.15) is 0 Å². The molecule has 0 aliphatic carbocycles. The molecule has 0 aliphatic heterocycles. The average Bonchev–Trinajstić information content (AvgIpc) is 2.75. The van der Waals surface area contributed by atoms with Crippen LogP contribution in [0, 0.1) is 6.92 Å². The Kier molecular flexibility index (Phi) is 3.97. The van der Waals surface area contributed by atoms with Crippen molar-refractivity contribution in [2.24, 2.45) is 0 Å². The Bertz CT molecular complexity index is 498. The summed E-state index contributed by atoms with van der Waals surface area (Å²) in [5.41, 5.74) is 2.16. The second kappa shape index (κ2) is 5.47. The number of thiazole rings is 1. The summed E-state index contributed by atoms with van der Waals surface area (Å²) >= 11 is 7.48. The predicted molar refractivity (Wildman–Crippen MR) is 72.8 cm³/mol. The molecule has 2 aromatic rings. The fraction of sp³-hybridized carbons (Fsp3) is 0.333. The highest BCUT2D eigenvalue weighted by atomic mass is 35.5. The largest absolute Gasteiger partial charge is 0.354 e. The number of nitrogens with zero attached hydrogens (tertiary/aromatic N) is 3. The number of hydrogen-bond acceptors (Lipinski definition) is 4. The van der Waals surface area contributed by atoms with Crippen molar-refractivity contribution in [1.82, 2.24) is 9.97 Å². The van der Waals surface area contributed by atoms with Crippen LogP contribution in [0.1, 0.15) is 16.3 Å². The minimum Gasteiger partial charge on any atom is -0.354 e. The summed E-state index contributed by atoms with van der Waals surface area (Å²) in [6.45, 7) is 2.78. The number of hydrogen-bond donors (Lipinski definition) is 0. The lowest BCUT2D eigenvalue weighted by Crippen LogP contribution is -2.18. The highest BCUT2D eigenvalue weighted by Crippen LogP contribution is 2.16. The molecule has 0 saturated heterocycles. The van der Waals surface area contributed by atoms with Crippen LogP contribution >= 0.6 is 22.9 Å². The first-order valence-corrected chi connectivity index (χ1v) is 6.73. The molecule has 2 heterocycles.